The van der Waals surface area contributed by atoms with Crippen molar-refractivity contribution in [2.24, 2.45) is 0 Å². The summed E-state index contributed by atoms with van der Waals surface area (Å²) in [4.78, 5) is 5.51. The van der Waals surface area contributed by atoms with Crippen LogP contribution in [0.25, 0.3) is 10.9 Å². The number of H-pyrrole nitrogens is 1. The summed E-state index contributed by atoms with van der Waals surface area (Å²) < 4.78 is 5.93. The Hall–Kier alpha value is -3.38. The molecule has 3 aromatic rings. The summed E-state index contributed by atoms with van der Waals surface area (Å²) in [5.41, 5.74) is 9.60. The van der Waals surface area contributed by atoms with Crippen LogP contribution in [0.1, 0.15) is 25.1 Å². The lowest BCUT2D eigenvalue weighted by molar-refractivity contribution is 0.306. The number of nitrogens with zero attached hydrogens (tertiary/aromatic N) is 1. The van der Waals surface area contributed by atoms with Gasteiger partial charge in [0.2, 0.25) is 0 Å². The van der Waals surface area contributed by atoms with Gasteiger partial charge in [-0.2, -0.15) is 0 Å². The molecule has 3 rings (SSSR count). The molecule has 0 amide bonds. The molecule has 0 aliphatic heterocycles. The van der Waals surface area contributed by atoms with Crippen LogP contribution < -0.4 is 4.74 Å². The highest BCUT2D eigenvalue weighted by Gasteiger charge is 2.05. The molecule has 3 heteroatoms. The molecule has 0 aliphatic rings. The van der Waals surface area contributed by atoms with Crippen molar-refractivity contribution in [2.45, 2.75) is 27.0 Å². The van der Waals surface area contributed by atoms with Crippen LogP contribution in [0.2, 0.25) is 0 Å². The molecule has 0 saturated carbocycles. The molecule has 0 saturated heterocycles. The van der Waals surface area contributed by atoms with Gasteiger partial charge >= 0.3 is 0 Å². The Morgan fingerprint density at radius 1 is 0.963 bits per heavy atom. The lowest BCUT2D eigenvalue weighted by Gasteiger charge is -2.11. The predicted octanol–water partition coefficient (Wildman–Crippen LogP) is 5.93. The summed E-state index contributed by atoms with van der Waals surface area (Å²) in [6.07, 6.45) is 7.60. The zero-order valence-electron chi connectivity index (χ0n) is 15.8. The van der Waals surface area contributed by atoms with Crippen LogP contribution in [0.15, 0.2) is 90.6 Å². The SMILES string of the molecule is CC=C=CN(C=C=CC)Cc1cc2cc(OCc3ccccc3)ccc2[nH]1. The minimum atomic E-state index is 0.569. The van der Waals surface area contributed by atoms with Gasteiger partial charge in [-0.1, -0.05) is 30.3 Å². The van der Waals surface area contributed by atoms with E-state index in [1.807, 2.05) is 67.6 Å². The zero-order valence-corrected chi connectivity index (χ0v) is 15.8. The Balaban J connectivity index is 1.74. The summed E-state index contributed by atoms with van der Waals surface area (Å²) in [5.74, 6) is 0.872. The molecule has 27 heavy (non-hydrogen) atoms. The number of benzene rings is 2. The Bertz CT molecular complexity index is 979. The molecule has 136 valence electrons. The van der Waals surface area contributed by atoms with E-state index in [2.05, 4.69) is 46.8 Å². The summed E-state index contributed by atoms with van der Waals surface area (Å²) in [6, 6.07) is 18.5. The monoisotopic (exact) mass is 356 g/mol. The molecule has 0 bridgehead atoms. The molecule has 3 nitrogen and oxygen atoms in total. The van der Waals surface area contributed by atoms with E-state index in [-0.39, 0.29) is 0 Å². The molecule has 1 aromatic heterocycles. The fraction of sp³-hybridized carbons (Fsp3) is 0.167. The maximum Gasteiger partial charge on any atom is 0.120 e. The third-order valence-electron chi connectivity index (χ3n) is 4.06. The van der Waals surface area contributed by atoms with Gasteiger partial charge in [-0.15, -0.1) is 11.5 Å². The minimum absolute atomic E-state index is 0.569. The van der Waals surface area contributed by atoms with Crippen molar-refractivity contribution < 1.29 is 4.74 Å². The van der Waals surface area contributed by atoms with E-state index >= 15 is 0 Å². The minimum Gasteiger partial charge on any atom is -0.489 e. The highest BCUT2D eigenvalue weighted by atomic mass is 16.5. The first-order valence-corrected chi connectivity index (χ1v) is 9.07. The number of fused-ring (bicyclic) bond motifs is 1. The average molecular weight is 356 g/mol. The maximum absolute atomic E-state index is 5.93. The first kappa shape index (κ1) is 18.4. The predicted molar refractivity (Wildman–Crippen MR) is 111 cm³/mol. The fourth-order valence-corrected chi connectivity index (χ4v) is 2.75. The number of hydrogen-bond donors (Lipinski definition) is 1. The Kier molecular flexibility index (Phi) is 6.38. The van der Waals surface area contributed by atoms with Crippen molar-refractivity contribution in [1.29, 1.82) is 0 Å². The second-order valence-electron chi connectivity index (χ2n) is 6.16. The molecule has 0 aliphatic carbocycles. The Labute approximate surface area is 160 Å². The molecular formula is C24H24N2O. The smallest absolute Gasteiger partial charge is 0.120 e. The standard InChI is InChI=1S/C24H24N2O/c1-3-5-14-26(15-6-4-2)18-22-16-21-17-23(12-13-24(21)25-22)27-19-20-10-8-7-9-11-20/h3-4,7-17,25H,18-19H2,1-2H3. The van der Waals surface area contributed by atoms with Gasteiger partial charge < -0.3 is 14.6 Å². The van der Waals surface area contributed by atoms with E-state index in [0.717, 1.165) is 34.5 Å². The van der Waals surface area contributed by atoms with E-state index in [1.54, 1.807) is 0 Å². The summed E-state index contributed by atoms with van der Waals surface area (Å²) >= 11 is 0. The van der Waals surface area contributed by atoms with Crippen LogP contribution in [0.3, 0.4) is 0 Å². The van der Waals surface area contributed by atoms with Crippen molar-refractivity contribution in [3.63, 3.8) is 0 Å². The molecular weight excluding hydrogens is 332 g/mol. The topological polar surface area (TPSA) is 28.3 Å². The molecule has 0 radical (unpaired) electrons. The molecule has 1 heterocycles. The highest BCUT2D eigenvalue weighted by molar-refractivity contribution is 5.81. The maximum atomic E-state index is 5.93. The third-order valence-corrected chi connectivity index (χ3v) is 4.06. The van der Waals surface area contributed by atoms with Gasteiger partial charge in [-0.3, -0.25) is 0 Å². The third kappa shape index (κ3) is 5.29. The number of allylic oxidation sites excluding steroid dienone is 2. The second kappa shape index (κ2) is 9.35. The van der Waals surface area contributed by atoms with Gasteiger partial charge in [-0.25, -0.2) is 0 Å². The molecule has 2 aromatic carbocycles. The van der Waals surface area contributed by atoms with Gasteiger partial charge in [0.05, 0.1) is 6.54 Å². The quantitative estimate of drug-likeness (QED) is 0.532. The summed E-state index contributed by atoms with van der Waals surface area (Å²) in [6.45, 7) is 5.19. The van der Waals surface area contributed by atoms with E-state index in [1.165, 1.54) is 0 Å². The number of aromatic amines is 1. The number of rotatable bonds is 7. The summed E-state index contributed by atoms with van der Waals surface area (Å²) in [5, 5.41) is 1.14. The van der Waals surface area contributed by atoms with Crippen LogP contribution in [0.5, 0.6) is 5.75 Å². The average Bonchev–Trinajstić information content (AvgIpc) is 3.10. The van der Waals surface area contributed by atoms with Crippen LogP contribution in [0.4, 0.5) is 0 Å². The molecule has 0 spiro atoms. The molecule has 0 fully saturated rings. The van der Waals surface area contributed by atoms with Gasteiger partial charge in [0.1, 0.15) is 12.4 Å². The van der Waals surface area contributed by atoms with Crippen LogP contribution in [-0.2, 0) is 13.2 Å². The van der Waals surface area contributed by atoms with Gasteiger partial charge in [0.15, 0.2) is 0 Å². The molecule has 0 atom stereocenters. The van der Waals surface area contributed by atoms with Crippen LogP contribution in [0, 0.1) is 0 Å². The number of hydrogen-bond acceptors (Lipinski definition) is 2. The Morgan fingerprint density at radius 3 is 2.41 bits per heavy atom. The van der Waals surface area contributed by atoms with E-state index in [9.17, 15) is 0 Å². The van der Waals surface area contributed by atoms with E-state index in [0.29, 0.717) is 6.61 Å². The van der Waals surface area contributed by atoms with Crippen molar-refractivity contribution >= 4 is 10.9 Å². The van der Waals surface area contributed by atoms with Crippen molar-refractivity contribution in [3.8, 4) is 5.75 Å². The van der Waals surface area contributed by atoms with Crippen molar-refractivity contribution in [1.82, 2.24) is 9.88 Å². The zero-order chi connectivity index (χ0) is 18.9. The lowest BCUT2D eigenvalue weighted by Crippen LogP contribution is -2.08. The fourth-order valence-electron chi connectivity index (χ4n) is 2.75. The highest BCUT2D eigenvalue weighted by Crippen LogP contribution is 2.23. The number of nitrogens with one attached hydrogen (secondary N) is 1. The molecule has 0 unspecified atom stereocenters. The number of aromatic nitrogens is 1. The Morgan fingerprint density at radius 2 is 1.70 bits per heavy atom. The first-order chi connectivity index (χ1) is 13.3. The van der Waals surface area contributed by atoms with Crippen molar-refractivity contribution in [2.75, 3.05) is 0 Å². The van der Waals surface area contributed by atoms with Gasteiger partial charge in [0.25, 0.3) is 0 Å². The largest absolute Gasteiger partial charge is 0.489 e. The number of ether oxygens (including phenoxy) is 1. The van der Waals surface area contributed by atoms with Gasteiger partial charge in [-0.05, 0) is 55.8 Å². The normalized spacial score (nSPS) is 9.85. The van der Waals surface area contributed by atoms with Crippen molar-refractivity contribution in [3.05, 3.63) is 102 Å². The van der Waals surface area contributed by atoms with E-state index in [4.69, 9.17) is 4.74 Å². The summed E-state index contributed by atoms with van der Waals surface area (Å²) in [7, 11) is 0. The lowest BCUT2D eigenvalue weighted by atomic mass is 10.2. The first-order valence-electron chi connectivity index (χ1n) is 9.07. The van der Waals surface area contributed by atoms with E-state index < -0.39 is 0 Å². The van der Waals surface area contributed by atoms with Crippen LogP contribution >= 0.6 is 0 Å². The molecule has 1 N–H and O–H groups in total. The van der Waals surface area contributed by atoms with Crippen LogP contribution in [-0.4, -0.2) is 9.88 Å². The van der Waals surface area contributed by atoms with Gasteiger partial charge in [0, 0.05) is 29.0 Å². The second-order valence-corrected chi connectivity index (χ2v) is 6.16.